The first-order valence-electron chi connectivity index (χ1n) is 11.0. The minimum absolute atomic E-state index is 0.0321. The van der Waals surface area contributed by atoms with Crippen LogP contribution in [0.2, 0.25) is 0 Å². The highest BCUT2D eigenvalue weighted by molar-refractivity contribution is 5.95. The second-order valence-electron chi connectivity index (χ2n) is 8.17. The van der Waals surface area contributed by atoms with Crippen LogP contribution in [0.3, 0.4) is 0 Å². The number of nitrogens with one attached hydrogen (secondary N) is 1. The molecular formula is C22H30N6O2. The summed E-state index contributed by atoms with van der Waals surface area (Å²) in [6, 6.07) is 5.51. The Morgan fingerprint density at radius 2 is 2.00 bits per heavy atom. The Morgan fingerprint density at radius 1 is 1.17 bits per heavy atom. The molecule has 0 aliphatic carbocycles. The van der Waals surface area contributed by atoms with Gasteiger partial charge < -0.3 is 15.1 Å². The number of aromatic nitrogens is 3. The molecule has 2 saturated heterocycles. The van der Waals surface area contributed by atoms with E-state index >= 15 is 0 Å². The van der Waals surface area contributed by atoms with E-state index in [1.807, 2.05) is 24.1 Å². The van der Waals surface area contributed by atoms with Gasteiger partial charge in [0, 0.05) is 63.2 Å². The summed E-state index contributed by atoms with van der Waals surface area (Å²) in [7, 11) is 0. The van der Waals surface area contributed by atoms with Gasteiger partial charge in [0.15, 0.2) is 5.82 Å². The van der Waals surface area contributed by atoms with Crippen LogP contribution in [0, 0.1) is 5.92 Å². The van der Waals surface area contributed by atoms with Crippen LogP contribution in [0.4, 0.5) is 11.6 Å². The second kappa shape index (κ2) is 9.28. The molecule has 8 nitrogen and oxygen atoms in total. The third-order valence-corrected chi connectivity index (χ3v) is 5.93. The molecule has 2 aliphatic heterocycles. The van der Waals surface area contributed by atoms with E-state index in [4.69, 9.17) is 0 Å². The predicted octanol–water partition coefficient (Wildman–Crippen LogP) is 2.78. The molecule has 1 N–H and O–H groups in total. The summed E-state index contributed by atoms with van der Waals surface area (Å²) in [5, 5.41) is 7.17. The van der Waals surface area contributed by atoms with E-state index in [1.54, 1.807) is 23.0 Å². The zero-order valence-electron chi connectivity index (χ0n) is 17.6. The molecule has 2 aromatic heterocycles. The Bertz CT molecular complexity index is 889. The fraction of sp³-hybridized carbons (Fsp3) is 0.545. The molecule has 2 aliphatic rings. The summed E-state index contributed by atoms with van der Waals surface area (Å²) in [6.45, 7) is 6.12. The highest BCUT2D eigenvalue weighted by Crippen LogP contribution is 2.24. The molecular weight excluding hydrogens is 380 g/mol. The summed E-state index contributed by atoms with van der Waals surface area (Å²) >= 11 is 0. The number of nitrogens with zero attached hydrogens (tertiary/aromatic N) is 5. The summed E-state index contributed by atoms with van der Waals surface area (Å²) in [5.74, 6) is 1.62. The maximum absolute atomic E-state index is 13.1. The SMILES string of the molecule is CCn1ccc(NC(=O)C[C@H]2CCCN(C(=O)c3ccnc(N4CCCC4)c3)C2)n1. The lowest BCUT2D eigenvalue weighted by atomic mass is 9.94. The first-order valence-corrected chi connectivity index (χ1v) is 11.0. The Balaban J connectivity index is 1.34. The highest BCUT2D eigenvalue weighted by atomic mass is 16.2. The number of carbonyl (C=O) groups excluding carboxylic acids is 2. The molecule has 2 fully saturated rings. The smallest absolute Gasteiger partial charge is 0.254 e. The van der Waals surface area contributed by atoms with Crippen LogP contribution in [0.5, 0.6) is 0 Å². The average Bonchev–Trinajstić information content (AvgIpc) is 3.45. The molecule has 30 heavy (non-hydrogen) atoms. The third kappa shape index (κ3) is 4.80. The molecule has 160 valence electrons. The highest BCUT2D eigenvalue weighted by Gasteiger charge is 2.27. The molecule has 2 amide bonds. The number of anilines is 2. The number of aryl methyl sites for hydroxylation is 1. The van der Waals surface area contributed by atoms with Crippen LogP contribution < -0.4 is 10.2 Å². The number of carbonyl (C=O) groups is 2. The van der Waals surface area contributed by atoms with Gasteiger partial charge in [0.1, 0.15) is 5.82 Å². The van der Waals surface area contributed by atoms with Crippen LogP contribution in [-0.4, -0.2) is 57.7 Å². The van der Waals surface area contributed by atoms with Gasteiger partial charge in [-0.2, -0.15) is 5.10 Å². The van der Waals surface area contributed by atoms with Gasteiger partial charge in [-0.15, -0.1) is 0 Å². The van der Waals surface area contributed by atoms with Crippen molar-refractivity contribution in [3.63, 3.8) is 0 Å². The minimum atomic E-state index is -0.0455. The van der Waals surface area contributed by atoms with Crippen molar-refractivity contribution >= 4 is 23.5 Å². The van der Waals surface area contributed by atoms with Gasteiger partial charge in [0.2, 0.25) is 5.91 Å². The maximum Gasteiger partial charge on any atom is 0.254 e. The summed E-state index contributed by atoms with van der Waals surface area (Å²) in [5.41, 5.74) is 0.683. The second-order valence-corrected chi connectivity index (χ2v) is 8.17. The van der Waals surface area contributed by atoms with Gasteiger partial charge in [0.05, 0.1) is 0 Å². The van der Waals surface area contributed by atoms with Crippen LogP contribution in [0.1, 0.15) is 49.4 Å². The van der Waals surface area contributed by atoms with Crippen LogP contribution in [0.15, 0.2) is 30.6 Å². The van der Waals surface area contributed by atoms with Crippen molar-refractivity contribution < 1.29 is 9.59 Å². The molecule has 2 aromatic rings. The zero-order chi connectivity index (χ0) is 20.9. The number of hydrogen-bond acceptors (Lipinski definition) is 5. The fourth-order valence-electron chi connectivity index (χ4n) is 4.33. The number of rotatable bonds is 6. The molecule has 8 heteroatoms. The molecule has 4 heterocycles. The molecule has 0 bridgehead atoms. The summed E-state index contributed by atoms with van der Waals surface area (Å²) in [4.78, 5) is 34.1. The Kier molecular flexibility index (Phi) is 6.30. The van der Waals surface area contributed by atoms with Crippen LogP contribution in [-0.2, 0) is 11.3 Å². The van der Waals surface area contributed by atoms with E-state index in [2.05, 4.69) is 20.3 Å². The molecule has 0 unspecified atom stereocenters. The molecule has 1 atom stereocenters. The van der Waals surface area contributed by atoms with Crippen LogP contribution in [0.25, 0.3) is 0 Å². The van der Waals surface area contributed by atoms with Crippen molar-refractivity contribution in [3.8, 4) is 0 Å². The van der Waals surface area contributed by atoms with E-state index in [9.17, 15) is 9.59 Å². The van der Waals surface area contributed by atoms with E-state index < -0.39 is 0 Å². The van der Waals surface area contributed by atoms with Gasteiger partial charge in [-0.05, 0) is 50.7 Å². The number of piperidine rings is 1. The van der Waals surface area contributed by atoms with Crippen molar-refractivity contribution in [1.82, 2.24) is 19.7 Å². The lowest BCUT2D eigenvalue weighted by Crippen LogP contribution is -2.41. The van der Waals surface area contributed by atoms with Crippen molar-refractivity contribution in [3.05, 3.63) is 36.2 Å². The van der Waals surface area contributed by atoms with Gasteiger partial charge in [-0.25, -0.2) is 4.98 Å². The van der Waals surface area contributed by atoms with E-state index in [0.29, 0.717) is 24.3 Å². The number of hydrogen-bond donors (Lipinski definition) is 1. The largest absolute Gasteiger partial charge is 0.357 e. The molecule has 0 radical (unpaired) electrons. The number of likely N-dealkylation sites (tertiary alicyclic amines) is 1. The standard InChI is InChI=1S/C22H30N6O2/c1-2-28-13-8-19(25-28)24-21(29)14-17-6-5-12-27(16-17)22(30)18-7-9-23-20(15-18)26-10-3-4-11-26/h7-9,13,15,17H,2-6,10-12,14,16H2,1H3,(H,24,25,29)/t17-/m1/s1. The van der Waals surface area contributed by atoms with Gasteiger partial charge in [-0.1, -0.05) is 0 Å². The van der Waals surface area contributed by atoms with E-state index in [0.717, 1.165) is 44.8 Å². The molecule has 0 aromatic carbocycles. The lowest BCUT2D eigenvalue weighted by Gasteiger charge is -2.32. The monoisotopic (exact) mass is 410 g/mol. The van der Waals surface area contributed by atoms with Crippen molar-refractivity contribution in [2.75, 3.05) is 36.4 Å². The third-order valence-electron chi connectivity index (χ3n) is 5.93. The molecule has 0 saturated carbocycles. The van der Waals surface area contributed by atoms with Gasteiger partial charge in [0.25, 0.3) is 5.91 Å². The first kappa shape index (κ1) is 20.4. The number of pyridine rings is 1. The topological polar surface area (TPSA) is 83.4 Å². The first-order chi connectivity index (χ1) is 14.6. The van der Waals surface area contributed by atoms with E-state index in [1.165, 1.54) is 12.8 Å². The van der Waals surface area contributed by atoms with Gasteiger partial charge in [-0.3, -0.25) is 14.3 Å². The lowest BCUT2D eigenvalue weighted by molar-refractivity contribution is -0.117. The fourth-order valence-corrected chi connectivity index (χ4v) is 4.33. The Hall–Kier alpha value is -2.90. The van der Waals surface area contributed by atoms with Crippen molar-refractivity contribution in [2.24, 2.45) is 5.92 Å². The normalized spacial score (nSPS) is 19.2. The number of amides is 2. The Morgan fingerprint density at radius 3 is 2.77 bits per heavy atom. The molecule has 0 spiro atoms. The van der Waals surface area contributed by atoms with E-state index in [-0.39, 0.29) is 17.7 Å². The maximum atomic E-state index is 13.1. The zero-order valence-corrected chi connectivity index (χ0v) is 17.6. The summed E-state index contributed by atoms with van der Waals surface area (Å²) in [6.07, 6.45) is 8.20. The van der Waals surface area contributed by atoms with Crippen LogP contribution >= 0.6 is 0 Å². The quantitative estimate of drug-likeness (QED) is 0.792. The average molecular weight is 411 g/mol. The van der Waals surface area contributed by atoms with Crippen molar-refractivity contribution in [1.29, 1.82) is 0 Å². The predicted molar refractivity (Wildman–Crippen MR) is 115 cm³/mol. The minimum Gasteiger partial charge on any atom is -0.357 e. The summed E-state index contributed by atoms with van der Waals surface area (Å²) < 4.78 is 1.78. The Labute approximate surface area is 177 Å². The van der Waals surface area contributed by atoms with Gasteiger partial charge >= 0.3 is 0 Å². The van der Waals surface area contributed by atoms with Crippen molar-refractivity contribution in [2.45, 2.75) is 45.6 Å². The molecule has 4 rings (SSSR count).